The summed E-state index contributed by atoms with van der Waals surface area (Å²) in [6.07, 6.45) is 8.70. The molecule has 142 valence electrons. The van der Waals surface area contributed by atoms with E-state index < -0.39 is 0 Å². The Hall–Kier alpha value is -1.86. The van der Waals surface area contributed by atoms with Crippen LogP contribution in [0.5, 0.6) is 5.75 Å². The van der Waals surface area contributed by atoms with Gasteiger partial charge in [0, 0.05) is 29.9 Å². The Labute approximate surface area is 161 Å². The van der Waals surface area contributed by atoms with Crippen LogP contribution in [0, 0.1) is 0 Å². The highest BCUT2D eigenvalue weighted by atomic mass is 31.0. The molecule has 0 saturated carbocycles. The maximum absolute atomic E-state index is 12.2. The van der Waals surface area contributed by atoms with Crippen molar-refractivity contribution in [3.63, 3.8) is 0 Å². The van der Waals surface area contributed by atoms with Gasteiger partial charge in [0.25, 0.3) is 0 Å². The fourth-order valence-electron chi connectivity index (χ4n) is 2.99. The van der Waals surface area contributed by atoms with Crippen LogP contribution in [0.2, 0.25) is 0 Å². The van der Waals surface area contributed by atoms with E-state index in [1.165, 1.54) is 5.70 Å². The summed E-state index contributed by atoms with van der Waals surface area (Å²) in [7, 11) is 2.25. The summed E-state index contributed by atoms with van der Waals surface area (Å²) in [4.78, 5) is 14.4. The lowest BCUT2D eigenvalue weighted by molar-refractivity contribution is -0.115. The van der Waals surface area contributed by atoms with Gasteiger partial charge in [0.1, 0.15) is 5.75 Å². The van der Waals surface area contributed by atoms with E-state index in [4.69, 9.17) is 4.52 Å². The largest absolute Gasteiger partial charge is 0.480 e. The quantitative estimate of drug-likeness (QED) is 0.454. The SMILES string of the molecule is C/C=C1\CN(c2ccc(OP)cc2)C2=C1C(=O)CCC2.C/C=C\C.CC. The lowest BCUT2D eigenvalue weighted by Crippen LogP contribution is -2.20. The molecule has 2 aliphatic rings. The second-order valence-corrected chi connectivity index (χ2v) is 6.01. The van der Waals surface area contributed by atoms with Gasteiger partial charge in [-0.2, -0.15) is 0 Å². The fourth-order valence-corrected chi connectivity index (χ4v) is 3.15. The summed E-state index contributed by atoms with van der Waals surface area (Å²) in [6, 6.07) is 7.98. The van der Waals surface area contributed by atoms with E-state index in [2.05, 4.69) is 20.4 Å². The number of benzene rings is 1. The first-order chi connectivity index (χ1) is 12.7. The van der Waals surface area contributed by atoms with E-state index in [1.807, 2.05) is 71.0 Å². The van der Waals surface area contributed by atoms with Crippen LogP contribution in [-0.2, 0) is 4.79 Å². The van der Waals surface area contributed by atoms with E-state index in [-0.39, 0.29) is 0 Å². The van der Waals surface area contributed by atoms with Crippen LogP contribution < -0.4 is 9.42 Å². The zero-order chi connectivity index (χ0) is 19.5. The van der Waals surface area contributed by atoms with Gasteiger partial charge in [-0.25, -0.2) is 0 Å². The van der Waals surface area contributed by atoms with Crippen LogP contribution in [-0.4, -0.2) is 12.3 Å². The molecular weight excluding hydrogens is 341 g/mol. The predicted molar refractivity (Wildman–Crippen MR) is 116 cm³/mol. The molecule has 1 atom stereocenters. The van der Waals surface area contributed by atoms with Crippen LogP contribution >= 0.6 is 9.47 Å². The van der Waals surface area contributed by atoms with Crippen LogP contribution in [0.15, 0.2) is 59.3 Å². The molecule has 26 heavy (non-hydrogen) atoms. The molecule has 1 aliphatic carbocycles. The van der Waals surface area contributed by atoms with E-state index in [1.54, 1.807) is 0 Å². The van der Waals surface area contributed by atoms with E-state index in [0.29, 0.717) is 12.2 Å². The monoisotopic (exact) mass is 373 g/mol. The number of allylic oxidation sites excluding steroid dienone is 4. The van der Waals surface area contributed by atoms with E-state index in [0.717, 1.165) is 42.0 Å². The molecule has 3 nitrogen and oxygen atoms in total. The standard InChI is InChI=1S/C16H18NO2P.C4H8.C2H6/c1-2-11-10-17(12-6-8-13(19-20)9-7-12)14-4-3-5-15(18)16(11)14;1-3-4-2;1-2/h2,6-9H,3-5,10,20H2,1H3;3-4H,1-2H3;1-2H3/b11-2+;4-3-;. The Kier molecular flexibility index (Phi) is 9.98. The topological polar surface area (TPSA) is 29.5 Å². The number of rotatable bonds is 2. The molecule has 1 unspecified atom stereocenters. The first kappa shape index (κ1) is 22.2. The molecule has 0 fully saturated rings. The second kappa shape index (κ2) is 11.7. The number of anilines is 1. The molecule has 0 aromatic heterocycles. The molecule has 1 aliphatic heterocycles. The van der Waals surface area contributed by atoms with Crippen molar-refractivity contribution in [2.45, 2.75) is 53.9 Å². The predicted octanol–water partition coefficient (Wildman–Crippen LogP) is 6.24. The van der Waals surface area contributed by atoms with Crippen LogP contribution in [0.1, 0.15) is 53.9 Å². The van der Waals surface area contributed by atoms with Crippen molar-refractivity contribution in [1.82, 2.24) is 0 Å². The minimum Gasteiger partial charge on any atom is -0.480 e. The maximum atomic E-state index is 12.2. The number of carbonyl (C=O) groups excluding carboxylic acids is 1. The smallest absolute Gasteiger partial charge is 0.164 e. The van der Waals surface area contributed by atoms with Gasteiger partial charge in [-0.15, -0.1) is 0 Å². The molecule has 0 saturated heterocycles. The molecule has 0 spiro atoms. The number of nitrogens with zero attached hydrogens (tertiary/aromatic N) is 1. The molecule has 3 rings (SSSR count). The van der Waals surface area contributed by atoms with Gasteiger partial charge < -0.3 is 9.42 Å². The lowest BCUT2D eigenvalue weighted by Gasteiger charge is -2.24. The molecular formula is C22H32NO2P. The van der Waals surface area contributed by atoms with Gasteiger partial charge in [0.15, 0.2) is 5.78 Å². The third-order valence-corrected chi connectivity index (χ3v) is 4.60. The number of hydrogen-bond acceptors (Lipinski definition) is 3. The summed E-state index contributed by atoms with van der Waals surface area (Å²) in [6.45, 7) is 10.8. The molecule has 4 heteroatoms. The van der Waals surface area contributed by atoms with Crippen LogP contribution in [0.3, 0.4) is 0 Å². The number of carbonyl (C=O) groups is 1. The average molecular weight is 373 g/mol. The zero-order valence-electron chi connectivity index (χ0n) is 16.7. The molecule has 1 heterocycles. The van der Waals surface area contributed by atoms with Gasteiger partial charge >= 0.3 is 0 Å². The molecule has 0 radical (unpaired) electrons. The van der Waals surface area contributed by atoms with Crippen molar-refractivity contribution in [3.05, 3.63) is 59.3 Å². The normalized spacial score (nSPS) is 17.5. The summed E-state index contributed by atoms with van der Waals surface area (Å²) in [5.74, 6) is 1.12. The number of ketones is 1. The maximum Gasteiger partial charge on any atom is 0.164 e. The third-order valence-electron chi connectivity index (χ3n) is 4.33. The van der Waals surface area contributed by atoms with Crippen molar-refractivity contribution < 1.29 is 9.32 Å². The van der Waals surface area contributed by atoms with E-state index in [9.17, 15) is 4.79 Å². The minimum atomic E-state index is 0.298. The van der Waals surface area contributed by atoms with Gasteiger partial charge in [0.05, 0.1) is 9.47 Å². The highest BCUT2D eigenvalue weighted by Crippen LogP contribution is 2.39. The fraction of sp³-hybridized carbons (Fsp3) is 0.409. The Bertz CT molecular complexity index is 668. The molecule has 0 bridgehead atoms. The summed E-state index contributed by atoms with van der Waals surface area (Å²) >= 11 is 0. The van der Waals surface area contributed by atoms with Crippen molar-refractivity contribution in [2.75, 3.05) is 11.4 Å². The highest BCUT2D eigenvalue weighted by Gasteiger charge is 2.33. The second-order valence-electron chi connectivity index (χ2n) is 5.78. The van der Waals surface area contributed by atoms with Crippen molar-refractivity contribution in [3.8, 4) is 5.75 Å². The molecule has 0 amide bonds. The van der Waals surface area contributed by atoms with Gasteiger partial charge in [-0.3, -0.25) is 4.79 Å². The van der Waals surface area contributed by atoms with Gasteiger partial charge in [-0.05, 0) is 63.5 Å². The average Bonchev–Trinajstić information content (AvgIpc) is 3.10. The molecule has 1 aromatic rings. The number of hydrogen-bond donors (Lipinski definition) is 0. The van der Waals surface area contributed by atoms with Crippen molar-refractivity contribution in [1.29, 1.82) is 0 Å². The van der Waals surface area contributed by atoms with Crippen LogP contribution in [0.4, 0.5) is 5.69 Å². The van der Waals surface area contributed by atoms with E-state index >= 15 is 0 Å². The van der Waals surface area contributed by atoms with Gasteiger partial charge in [-0.1, -0.05) is 32.1 Å². The lowest BCUT2D eigenvalue weighted by atomic mass is 9.92. The summed E-state index contributed by atoms with van der Waals surface area (Å²) < 4.78 is 5.12. The third kappa shape index (κ3) is 5.32. The zero-order valence-corrected chi connectivity index (χ0v) is 17.9. The summed E-state index contributed by atoms with van der Waals surface area (Å²) in [5, 5.41) is 0. The number of Topliss-reactive ketones (excluding diaryl/α,β-unsaturated/α-hetero) is 1. The Morgan fingerprint density at radius 1 is 1.04 bits per heavy atom. The highest BCUT2D eigenvalue weighted by molar-refractivity contribution is 7.10. The van der Waals surface area contributed by atoms with Gasteiger partial charge in [0.2, 0.25) is 0 Å². The minimum absolute atomic E-state index is 0.298. The summed E-state index contributed by atoms with van der Waals surface area (Å²) in [5.41, 5.74) is 4.44. The molecule has 1 aromatic carbocycles. The Morgan fingerprint density at radius 3 is 2.15 bits per heavy atom. The van der Waals surface area contributed by atoms with Crippen molar-refractivity contribution in [2.24, 2.45) is 0 Å². The molecule has 0 N–H and O–H groups in total. The van der Waals surface area contributed by atoms with Crippen LogP contribution in [0.25, 0.3) is 0 Å². The first-order valence-electron chi connectivity index (χ1n) is 9.39. The van der Waals surface area contributed by atoms with Crippen molar-refractivity contribution >= 4 is 20.9 Å². The Balaban J connectivity index is 0.000000500. The Morgan fingerprint density at radius 2 is 1.65 bits per heavy atom. The first-order valence-corrected chi connectivity index (χ1v) is 9.86.